The summed E-state index contributed by atoms with van der Waals surface area (Å²) in [5, 5.41) is 5.63. The van der Waals surface area contributed by atoms with E-state index < -0.39 is 0 Å². The molecule has 0 heterocycles. The van der Waals surface area contributed by atoms with Crippen LogP contribution in [0.2, 0.25) is 0 Å². The highest BCUT2D eigenvalue weighted by Crippen LogP contribution is 2.25. The van der Waals surface area contributed by atoms with Crippen molar-refractivity contribution in [2.45, 2.75) is 51.4 Å². The standard InChI is InChI=1S/C14H27N3O2.ClH/c15-8-4-7-13(18)16-9-10-17-14(19)11-12-5-2-1-3-6-12;/h12H,1-11,15H2,(H,16,18)(H,17,19);1H. The first kappa shape index (κ1) is 19.2. The number of hydrogen-bond donors (Lipinski definition) is 3. The number of amides is 2. The molecule has 0 saturated heterocycles. The highest BCUT2D eigenvalue weighted by molar-refractivity contribution is 5.85. The predicted octanol–water partition coefficient (Wildman–Crippen LogP) is 1.35. The van der Waals surface area contributed by atoms with Crippen LogP contribution in [0, 0.1) is 5.92 Å². The molecule has 1 rings (SSSR count). The van der Waals surface area contributed by atoms with Crippen LogP contribution in [0.3, 0.4) is 0 Å². The molecule has 2 amide bonds. The number of hydrogen-bond acceptors (Lipinski definition) is 3. The smallest absolute Gasteiger partial charge is 0.220 e. The first-order chi connectivity index (χ1) is 9.22. The fraction of sp³-hybridized carbons (Fsp3) is 0.857. The lowest BCUT2D eigenvalue weighted by molar-refractivity contribution is -0.123. The largest absolute Gasteiger partial charge is 0.354 e. The Balaban J connectivity index is 0.00000361. The van der Waals surface area contributed by atoms with E-state index in [1.807, 2.05) is 0 Å². The average molecular weight is 306 g/mol. The summed E-state index contributed by atoms with van der Waals surface area (Å²) in [6, 6.07) is 0. The highest BCUT2D eigenvalue weighted by atomic mass is 35.5. The summed E-state index contributed by atoms with van der Waals surface area (Å²) in [4.78, 5) is 23.0. The van der Waals surface area contributed by atoms with Crippen LogP contribution in [0.15, 0.2) is 0 Å². The SMILES string of the molecule is Cl.NCCCC(=O)NCCNC(=O)CC1CCCCC1. The van der Waals surface area contributed by atoms with Gasteiger partial charge in [-0.2, -0.15) is 0 Å². The Hall–Kier alpha value is -0.810. The molecule has 0 bridgehead atoms. The summed E-state index contributed by atoms with van der Waals surface area (Å²) < 4.78 is 0. The van der Waals surface area contributed by atoms with Crippen molar-refractivity contribution < 1.29 is 9.59 Å². The molecule has 0 aromatic carbocycles. The van der Waals surface area contributed by atoms with Gasteiger partial charge in [0.2, 0.25) is 11.8 Å². The van der Waals surface area contributed by atoms with Crippen LogP contribution in [0.5, 0.6) is 0 Å². The van der Waals surface area contributed by atoms with Gasteiger partial charge in [0.05, 0.1) is 0 Å². The van der Waals surface area contributed by atoms with Crippen molar-refractivity contribution in [1.82, 2.24) is 10.6 Å². The van der Waals surface area contributed by atoms with Crippen molar-refractivity contribution in [3.8, 4) is 0 Å². The lowest BCUT2D eigenvalue weighted by Gasteiger charge is -2.20. The molecule has 0 aliphatic heterocycles. The number of rotatable bonds is 8. The Morgan fingerprint density at radius 3 is 2.20 bits per heavy atom. The average Bonchev–Trinajstić information content (AvgIpc) is 2.42. The molecule has 5 nitrogen and oxygen atoms in total. The molecule has 0 spiro atoms. The molecule has 1 aliphatic rings. The molecule has 0 aromatic rings. The van der Waals surface area contributed by atoms with Gasteiger partial charge in [0, 0.05) is 25.9 Å². The highest BCUT2D eigenvalue weighted by Gasteiger charge is 2.16. The minimum atomic E-state index is 0. The maximum absolute atomic E-state index is 11.7. The molecular weight excluding hydrogens is 278 g/mol. The summed E-state index contributed by atoms with van der Waals surface area (Å²) in [5.74, 6) is 0.683. The topological polar surface area (TPSA) is 84.2 Å². The molecule has 1 saturated carbocycles. The van der Waals surface area contributed by atoms with Crippen LogP contribution in [0.25, 0.3) is 0 Å². The number of carbonyl (C=O) groups is 2. The molecule has 6 heteroatoms. The molecule has 0 aromatic heterocycles. The molecule has 0 radical (unpaired) electrons. The van der Waals surface area contributed by atoms with Gasteiger partial charge in [-0.05, 0) is 31.7 Å². The molecule has 20 heavy (non-hydrogen) atoms. The molecule has 1 fully saturated rings. The lowest BCUT2D eigenvalue weighted by atomic mass is 9.87. The maximum Gasteiger partial charge on any atom is 0.220 e. The first-order valence-corrected chi connectivity index (χ1v) is 7.46. The van der Waals surface area contributed by atoms with Gasteiger partial charge in [-0.3, -0.25) is 9.59 Å². The van der Waals surface area contributed by atoms with E-state index >= 15 is 0 Å². The second-order valence-corrected chi connectivity index (χ2v) is 5.30. The van der Waals surface area contributed by atoms with Crippen molar-refractivity contribution in [2.24, 2.45) is 11.7 Å². The van der Waals surface area contributed by atoms with Gasteiger partial charge in [-0.15, -0.1) is 12.4 Å². The van der Waals surface area contributed by atoms with Gasteiger partial charge < -0.3 is 16.4 Å². The fourth-order valence-corrected chi connectivity index (χ4v) is 2.48. The van der Waals surface area contributed by atoms with Crippen molar-refractivity contribution >= 4 is 24.2 Å². The number of carbonyl (C=O) groups excluding carboxylic acids is 2. The van der Waals surface area contributed by atoms with Gasteiger partial charge in [0.15, 0.2) is 0 Å². The second-order valence-electron chi connectivity index (χ2n) is 5.30. The zero-order valence-corrected chi connectivity index (χ0v) is 13.0. The van der Waals surface area contributed by atoms with Gasteiger partial charge in [0.1, 0.15) is 0 Å². The minimum absolute atomic E-state index is 0. The minimum Gasteiger partial charge on any atom is -0.354 e. The Morgan fingerprint density at radius 1 is 1.00 bits per heavy atom. The third kappa shape index (κ3) is 9.15. The summed E-state index contributed by atoms with van der Waals surface area (Å²) in [6.45, 7) is 1.55. The van der Waals surface area contributed by atoms with E-state index in [1.165, 1.54) is 32.1 Å². The van der Waals surface area contributed by atoms with Gasteiger partial charge in [0.25, 0.3) is 0 Å². The zero-order valence-electron chi connectivity index (χ0n) is 12.2. The Kier molecular flexibility index (Phi) is 11.5. The van der Waals surface area contributed by atoms with Crippen LogP contribution >= 0.6 is 12.4 Å². The van der Waals surface area contributed by atoms with E-state index in [0.717, 1.165) is 0 Å². The number of halogens is 1. The summed E-state index contributed by atoms with van der Waals surface area (Å²) in [7, 11) is 0. The van der Waals surface area contributed by atoms with Crippen LogP contribution < -0.4 is 16.4 Å². The number of nitrogens with one attached hydrogen (secondary N) is 2. The fourth-order valence-electron chi connectivity index (χ4n) is 2.48. The van der Waals surface area contributed by atoms with E-state index in [9.17, 15) is 9.59 Å². The molecule has 0 unspecified atom stereocenters. The number of nitrogens with two attached hydrogens (primary N) is 1. The second kappa shape index (κ2) is 12.0. The molecule has 4 N–H and O–H groups in total. The molecule has 0 atom stereocenters. The maximum atomic E-state index is 11.7. The summed E-state index contributed by atoms with van der Waals surface area (Å²) in [6.07, 6.45) is 8.01. The Bertz CT molecular complexity index is 282. The van der Waals surface area contributed by atoms with Crippen LogP contribution in [0.1, 0.15) is 51.4 Å². The monoisotopic (exact) mass is 305 g/mol. The Labute approximate surface area is 127 Å². The van der Waals surface area contributed by atoms with E-state index in [-0.39, 0.29) is 24.2 Å². The van der Waals surface area contributed by atoms with Crippen molar-refractivity contribution in [1.29, 1.82) is 0 Å². The van der Waals surface area contributed by atoms with E-state index in [1.54, 1.807) is 0 Å². The van der Waals surface area contributed by atoms with Gasteiger partial charge in [-0.1, -0.05) is 19.3 Å². The van der Waals surface area contributed by atoms with E-state index in [0.29, 0.717) is 44.8 Å². The van der Waals surface area contributed by atoms with Crippen LogP contribution in [-0.4, -0.2) is 31.4 Å². The quantitative estimate of drug-likeness (QED) is 0.592. The van der Waals surface area contributed by atoms with Crippen molar-refractivity contribution in [2.75, 3.05) is 19.6 Å². The predicted molar refractivity (Wildman–Crippen MR) is 82.7 cm³/mol. The van der Waals surface area contributed by atoms with Crippen LogP contribution in [-0.2, 0) is 9.59 Å². The summed E-state index contributed by atoms with van der Waals surface area (Å²) in [5.41, 5.74) is 5.32. The van der Waals surface area contributed by atoms with E-state index in [2.05, 4.69) is 10.6 Å². The zero-order chi connectivity index (χ0) is 13.9. The summed E-state index contributed by atoms with van der Waals surface area (Å²) >= 11 is 0. The lowest BCUT2D eigenvalue weighted by Crippen LogP contribution is -2.35. The first-order valence-electron chi connectivity index (χ1n) is 7.46. The molecule has 118 valence electrons. The van der Waals surface area contributed by atoms with Gasteiger partial charge >= 0.3 is 0 Å². The Morgan fingerprint density at radius 2 is 1.60 bits per heavy atom. The van der Waals surface area contributed by atoms with Crippen LogP contribution in [0.4, 0.5) is 0 Å². The molecule has 1 aliphatic carbocycles. The normalized spacial score (nSPS) is 15.2. The third-order valence-corrected chi connectivity index (χ3v) is 3.58. The van der Waals surface area contributed by atoms with Gasteiger partial charge in [-0.25, -0.2) is 0 Å². The molecular formula is C14H28ClN3O2. The van der Waals surface area contributed by atoms with E-state index in [4.69, 9.17) is 5.73 Å². The third-order valence-electron chi connectivity index (χ3n) is 3.58. The van der Waals surface area contributed by atoms with Crippen molar-refractivity contribution in [3.63, 3.8) is 0 Å². The van der Waals surface area contributed by atoms with Crippen molar-refractivity contribution in [3.05, 3.63) is 0 Å².